The fraction of sp³-hybridized carbons (Fsp3) is 0.379. The summed E-state index contributed by atoms with van der Waals surface area (Å²) >= 11 is 1.38. The van der Waals surface area contributed by atoms with E-state index in [2.05, 4.69) is 19.2 Å². The standard InChI is InChI=1S/C29H32F3NO4S/c1-5-28(6-2,24-12-11-23(38-24)27(36)33-14-13-25(34)35)17-37-22-15-18(3)26(19(4)16-22)20-7-9-21(10-8-20)29(30,31)32/h7-12,15-16H,5-6,13-14,17H2,1-4H3,(H,33,36)(H,34,35). The van der Waals surface area contributed by atoms with Crippen molar-refractivity contribution in [3.05, 3.63) is 75.0 Å². The predicted molar refractivity (Wildman–Crippen MR) is 143 cm³/mol. The number of halogens is 3. The van der Waals surface area contributed by atoms with Crippen molar-refractivity contribution in [1.29, 1.82) is 0 Å². The van der Waals surface area contributed by atoms with Crippen LogP contribution in [-0.4, -0.2) is 30.1 Å². The Balaban J connectivity index is 1.77. The van der Waals surface area contributed by atoms with Gasteiger partial charge in [-0.3, -0.25) is 9.59 Å². The highest BCUT2D eigenvalue weighted by molar-refractivity contribution is 7.14. The van der Waals surface area contributed by atoms with Gasteiger partial charge in [-0.2, -0.15) is 13.2 Å². The highest BCUT2D eigenvalue weighted by Crippen LogP contribution is 2.39. The lowest BCUT2D eigenvalue weighted by Gasteiger charge is -2.31. The van der Waals surface area contributed by atoms with Gasteiger partial charge in [0, 0.05) is 16.8 Å². The Morgan fingerprint density at radius 1 is 0.974 bits per heavy atom. The second kappa shape index (κ2) is 12.0. The van der Waals surface area contributed by atoms with Crippen molar-refractivity contribution in [2.75, 3.05) is 13.2 Å². The molecule has 0 unspecified atom stereocenters. The SMILES string of the molecule is CCC(CC)(COc1cc(C)c(-c2ccc(C(F)(F)F)cc2)c(C)c1)c1ccc(C(=O)NCCC(=O)O)s1. The zero-order chi connectivity index (χ0) is 28.1. The molecule has 0 bridgehead atoms. The lowest BCUT2D eigenvalue weighted by atomic mass is 9.81. The molecule has 3 rings (SSSR count). The van der Waals surface area contributed by atoms with Gasteiger partial charge in [0.05, 0.1) is 23.5 Å². The van der Waals surface area contributed by atoms with E-state index >= 15 is 0 Å². The number of alkyl halides is 3. The summed E-state index contributed by atoms with van der Waals surface area (Å²) in [5, 5.41) is 11.4. The lowest BCUT2D eigenvalue weighted by molar-refractivity contribution is -0.138. The maximum atomic E-state index is 13.0. The molecule has 9 heteroatoms. The van der Waals surface area contributed by atoms with Gasteiger partial charge in [-0.1, -0.05) is 26.0 Å². The average molecular weight is 548 g/mol. The number of aliphatic carboxylic acids is 1. The van der Waals surface area contributed by atoms with E-state index < -0.39 is 17.7 Å². The molecule has 0 aliphatic carbocycles. The summed E-state index contributed by atoms with van der Waals surface area (Å²) in [6.07, 6.45) is -2.95. The fourth-order valence-electron chi connectivity index (χ4n) is 4.50. The molecule has 0 saturated heterocycles. The van der Waals surface area contributed by atoms with Gasteiger partial charge >= 0.3 is 12.1 Å². The van der Waals surface area contributed by atoms with Crippen molar-refractivity contribution < 1.29 is 32.6 Å². The van der Waals surface area contributed by atoms with Crippen LogP contribution in [0.5, 0.6) is 5.75 Å². The Bertz CT molecular complexity index is 1250. The van der Waals surface area contributed by atoms with Gasteiger partial charge in [0.1, 0.15) is 5.75 Å². The van der Waals surface area contributed by atoms with E-state index in [0.717, 1.165) is 46.5 Å². The van der Waals surface area contributed by atoms with Gasteiger partial charge in [0.25, 0.3) is 5.91 Å². The molecule has 204 valence electrons. The number of carbonyl (C=O) groups is 2. The molecule has 1 heterocycles. The first-order chi connectivity index (χ1) is 17.9. The van der Waals surface area contributed by atoms with E-state index in [9.17, 15) is 22.8 Å². The number of carboxylic acid groups (broad SMARTS) is 1. The quantitative estimate of drug-likeness (QED) is 0.262. The minimum absolute atomic E-state index is 0.0678. The number of benzene rings is 2. The molecule has 1 aromatic heterocycles. The lowest BCUT2D eigenvalue weighted by Crippen LogP contribution is -2.31. The van der Waals surface area contributed by atoms with Crippen molar-refractivity contribution in [1.82, 2.24) is 5.32 Å². The average Bonchev–Trinajstić information content (AvgIpc) is 3.35. The van der Waals surface area contributed by atoms with Crippen LogP contribution in [0.25, 0.3) is 11.1 Å². The van der Waals surface area contributed by atoms with Crippen molar-refractivity contribution in [3.63, 3.8) is 0 Å². The largest absolute Gasteiger partial charge is 0.493 e. The third-order valence-corrected chi connectivity index (χ3v) is 8.18. The predicted octanol–water partition coefficient (Wildman–Crippen LogP) is 7.39. The highest BCUT2D eigenvalue weighted by atomic mass is 32.1. The Hall–Kier alpha value is -3.33. The van der Waals surface area contributed by atoms with Gasteiger partial charge in [-0.25, -0.2) is 0 Å². The fourth-order valence-corrected chi connectivity index (χ4v) is 5.74. The van der Waals surface area contributed by atoms with Crippen LogP contribution in [0.3, 0.4) is 0 Å². The monoisotopic (exact) mass is 547 g/mol. The first-order valence-corrected chi connectivity index (χ1v) is 13.2. The van der Waals surface area contributed by atoms with Gasteiger partial charge in [0.2, 0.25) is 0 Å². The summed E-state index contributed by atoms with van der Waals surface area (Å²) in [6, 6.07) is 12.6. The Kier molecular flexibility index (Phi) is 9.25. The molecule has 2 N–H and O–H groups in total. The molecule has 5 nitrogen and oxygen atoms in total. The van der Waals surface area contributed by atoms with Gasteiger partial charge in [0.15, 0.2) is 0 Å². The number of carbonyl (C=O) groups excluding carboxylic acids is 1. The van der Waals surface area contributed by atoms with Crippen LogP contribution in [0.2, 0.25) is 0 Å². The number of hydrogen-bond acceptors (Lipinski definition) is 4. The van der Waals surface area contributed by atoms with Gasteiger partial charge in [-0.05, 0) is 85.3 Å². The molecule has 0 fully saturated rings. The normalized spacial score (nSPS) is 11.9. The van der Waals surface area contributed by atoms with Crippen LogP contribution in [0.4, 0.5) is 13.2 Å². The molecule has 0 spiro atoms. The molecule has 0 saturated carbocycles. The molecular formula is C29H32F3NO4S. The third kappa shape index (κ3) is 6.75. The van der Waals surface area contributed by atoms with E-state index in [-0.39, 0.29) is 24.3 Å². The number of ether oxygens (including phenoxy) is 1. The molecular weight excluding hydrogens is 515 g/mol. The Morgan fingerprint density at radius 2 is 1.58 bits per heavy atom. The van der Waals surface area contributed by atoms with Crippen LogP contribution in [0, 0.1) is 13.8 Å². The maximum absolute atomic E-state index is 13.0. The van der Waals surface area contributed by atoms with Crippen LogP contribution >= 0.6 is 11.3 Å². The first-order valence-electron chi connectivity index (χ1n) is 12.4. The van der Waals surface area contributed by atoms with Crippen molar-refractivity contribution in [2.24, 2.45) is 0 Å². The van der Waals surface area contributed by atoms with E-state index in [4.69, 9.17) is 9.84 Å². The van der Waals surface area contributed by atoms with Crippen LogP contribution < -0.4 is 10.1 Å². The number of aryl methyl sites for hydroxylation is 2. The van der Waals surface area contributed by atoms with Crippen LogP contribution in [0.1, 0.15) is 64.3 Å². The molecule has 0 aliphatic rings. The Labute approximate surface area is 224 Å². The zero-order valence-corrected chi connectivity index (χ0v) is 22.7. The van der Waals surface area contributed by atoms with Crippen LogP contribution in [-0.2, 0) is 16.4 Å². The number of thiophene rings is 1. The summed E-state index contributed by atoms with van der Waals surface area (Å²) in [5.41, 5.74) is 2.38. The Morgan fingerprint density at radius 3 is 2.11 bits per heavy atom. The molecule has 1 amide bonds. The summed E-state index contributed by atoms with van der Waals surface area (Å²) < 4.78 is 45.1. The number of amides is 1. The van der Waals surface area contributed by atoms with E-state index in [1.807, 2.05) is 32.0 Å². The minimum Gasteiger partial charge on any atom is -0.493 e. The van der Waals surface area contributed by atoms with E-state index in [0.29, 0.717) is 22.8 Å². The molecule has 0 radical (unpaired) electrons. The smallest absolute Gasteiger partial charge is 0.416 e. The number of hydrogen-bond donors (Lipinski definition) is 2. The minimum atomic E-state index is -4.38. The van der Waals surface area contributed by atoms with Crippen LogP contribution in [0.15, 0.2) is 48.5 Å². The number of nitrogens with one attached hydrogen (secondary N) is 1. The maximum Gasteiger partial charge on any atom is 0.416 e. The summed E-state index contributed by atoms with van der Waals surface area (Å²) in [7, 11) is 0. The van der Waals surface area contributed by atoms with E-state index in [1.165, 1.54) is 23.5 Å². The second-order valence-corrected chi connectivity index (χ2v) is 10.4. The highest BCUT2D eigenvalue weighted by Gasteiger charge is 2.32. The summed E-state index contributed by atoms with van der Waals surface area (Å²) in [5.74, 6) is -0.595. The first kappa shape index (κ1) is 29.2. The second-order valence-electron chi connectivity index (χ2n) is 9.35. The summed E-state index contributed by atoms with van der Waals surface area (Å²) in [6.45, 7) is 8.42. The van der Waals surface area contributed by atoms with Crippen molar-refractivity contribution in [2.45, 2.75) is 58.5 Å². The molecule has 3 aromatic rings. The third-order valence-electron chi connectivity index (χ3n) is 6.85. The van der Waals surface area contributed by atoms with Crippen molar-refractivity contribution in [3.8, 4) is 16.9 Å². The zero-order valence-electron chi connectivity index (χ0n) is 21.9. The topological polar surface area (TPSA) is 75.6 Å². The van der Waals surface area contributed by atoms with Gasteiger partial charge in [-0.15, -0.1) is 11.3 Å². The number of rotatable bonds is 11. The molecule has 0 atom stereocenters. The molecule has 0 aliphatic heterocycles. The van der Waals surface area contributed by atoms with Gasteiger partial charge < -0.3 is 15.2 Å². The summed E-state index contributed by atoms with van der Waals surface area (Å²) in [4.78, 5) is 24.7. The molecule has 2 aromatic carbocycles. The van der Waals surface area contributed by atoms with E-state index in [1.54, 1.807) is 6.07 Å². The van der Waals surface area contributed by atoms with Crippen molar-refractivity contribution >= 4 is 23.2 Å². The molecule has 38 heavy (non-hydrogen) atoms. The number of carboxylic acids is 1.